The summed E-state index contributed by atoms with van der Waals surface area (Å²) in [6, 6.07) is 10.2. The van der Waals surface area contributed by atoms with Crippen molar-refractivity contribution in [2.45, 2.75) is 5.75 Å². The Labute approximate surface area is 90.7 Å². The second kappa shape index (κ2) is 3.68. The zero-order valence-corrected chi connectivity index (χ0v) is 9.35. The molecular formula is C10H8BrNS. The fourth-order valence-corrected chi connectivity index (χ4v) is 2.15. The molecule has 0 N–H and O–H groups in total. The van der Waals surface area contributed by atoms with Crippen LogP contribution < -0.4 is 0 Å². The van der Waals surface area contributed by atoms with Gasteiger partial charge in [0.25, 0.3) is 0 Å². The molecule has 2 aromatic rings. The Hall–Kier alpha value is -0.540. The monoisotopic (exact) mass is 253 g/mol. The summed E-state index contributed by atoms with van der Waals surface area (Å²) < 4.78 is 0.890. The Kier molecular flexibility index (Phi) is 2.56. The van der Waals surface area contributed by atoms with E-state index < -0.39 is 0 Å². The fraction of sp³-hybridized carbons (Fsp3) is 0.100. The van der Waals surface area contributed by atoms with E-state index in [9.17, 15) is 0 Å². The number of para-hydroxylation sites is 1. The van der Waals surface area contributed by atoms with E-state index in [2.05, 4.69) is 45.7 Å². The summed E-state index contributed by atoms with van der Waals surface area (Å²) >= 11 is 7.65. The first-order valence-corrected chi connectivity index (χ1v) is 5.39. The van der Waals surface area contributed by atoms with Crippen LogP contribution in [0.3, 0.4) is 0 Å². The van der Waals surface area contributed by atoms with E-state index in [0.29, 0.717) is 5.75 Å². The minimum atomic E-state index is 0.707. The smallest absolute Gasteiger partial charge is 0.110 e. The van der Waals surface area contributed by atoms with Crippen molar-refractivity contribution >= 4 is 39.5 Å². The fourth-order valence-electron chi connectivity index (χ4n) is 1.25. The number of pyridine rings is 1. The minimum Gasteiger partial charge on any atom is -0.241 e. The third-order valence-corrected chi connectivity index (χ3v) is 2.95. The van der Waals surface area contributed by atoms with Crippen molar-refractivity contribution in [1.82, 2.24) is 4.98 Å². The topological polar surface area (TPSA) is 12.9 Å². The molecule has 1 nitrogen and oxygen atoms in total. The van der Waals surface area contributed by atoms with E-state index in [1.54, 1.807) is 0 Å². The molecule has 0 unspecified atom stereocenters. The molecule has 0 aliphatic carbocycles. The van der Waals surface area contributed by atoms with Gasteiger partial charge < -0.3 is 0 Å². The van der Waals surface area contributed by atoms with Crippen molar-refractivity contribution < 1.29 is 0 Å². The van der Waals surface area contributed by atoms with Crippen LogP contribution in [0.1, 0.15) is 5.56 Å². The average molecular weight is 254 g/mol. The van der Waals surface area contributed by atoms with Gasteiger partial charge in [0.05, 0.1) is 5.52 Å². The summed E-state index contributed by atoms with van der Waals surface area (Å²) in [6.07, 6.45) is 0. The molecule has 0 bridgehead atoms. The summed E-state index contributed by atoms with van der Waals surface area (Å²) in [5, 5.41) is 1.16. The number of rotatable bonds is 1. The zero-order valence-electron chi connectivity index (χ0n) is 6.87. The highest BCUT2D eigenvalue weighted by atomic mass is 79.9. The first kappa shape index (κ1) is 9.03. The lowest BCUT2D eigenvalue weighted by Crippen LogP contribution is -1.86. The zero-order chi connectivity index (χ0) is 9.26. The lowest BCUT2D eigenvalue weighted by atomic mass is 10.2. The highest BCUT2D eigenvalue weighted by molar-refractivity contribution is 9.10. The second-order valence-electron chi connectivity index (χ2n) is 2.79. The van der Waals surface area contributed by atoms with Crippen molar-refractivity contribution in [3.05, 3.63) is 40.5 Å². The van der Waals surface area contributed by atoms with E-state index in [0.717, 1.165) is 21.1 Å². The normalized spacial score (nSPS) is 10.6. The Balaban J connectivity index is 2.74. The lowest BCUT2D eigenvalue weighted by Gasteiger charge is -2.02. The molecule has 0 atom stereocenters. The van der Waals surface area contributed by atoms with Gasteiger partial charge in [-0.15, -0.1) is 0 Å². The molecule has 0 saturated carbocycles. The van der Waals surface area contributed by atoms with Crippen molar-refractivity contribution in [2.24, 2.45) is 0 Å². The number of aromatic nitrogens is 1. The summed E-state index contributed by atoms with van der Waals surface area (Å²) in [5.74, 6) is 0.707. The maximum Gasteiger partial charge on any atom is 0.110 e. The molecule has 0 fully saturated rings. The van der Waals surface area contributed by atoms with Gasteiger partial charge in [-0.05, 0) is 33.6 Å². The molecule has 66 valence electrons. The predicted octanol–water partition coefficient (Wildman–Crippen LogP) is 3.43. The van der Waals surface area contributed by atoms with Crippen molar-refractivity contribution in [3.63, 3.8) is 0 Å². The van der Waals surface area contributed by atoms with Gasteiger partial charge in [-0.2, -0.15) is 12.6 Å². The second-order valence-corrected chi connectivity index (χ2v) is 3.86. The van der Waals surface area contributed by atoms with Crippen molar-refractivity contribution in [2.75, 3.05) is 0 Å². The number of thiol groups is 1. The van der Waals surface area contributed by atoms with Crippen LogP contribution in [0.4, 0.5) is 0 Å². The Bertz CT molecular complexity index is 442. The van der Waals surface area contributed by atoms with Gasteiger partial charge in [0.15, 0.2) is 0 Å². The van der Waals surface area contributed by atoms with Gasteiger partial charge in [0.1, 0.15) is 4.60 Å². The van der Waals surface area contributed by atoms with Crippen LogP contribution in [-0.2, 0) is 5.75 Å². The first-order chi connectivity index (χ1) is 6.31. The summed E-state index contributed by atoms with van der Waals surface area (Å²) in [6.45, 7) is 0. The molecule has 1 heterocycles. The van der Waals surface area contributed by atoms with Crippen LogP contribution in [0, 0.1) is 0 Å². The van der Waals surface area contributed by atoms with Crippen LogP contribution >= 0.6 is 28.6 Å². The number of nitrogens with zero attached hydrogens (tertiary/aromatic N) is 1. The van der Waals surface area contributed by atoms with E-state index in [1.807, 2.05) is 18.2 Å². The van der Waals surface area contributed by atoms with Crippen molar-refractivity contribution in [1.29, 1.82) is 0 Å². The molecule has 2 rings (SSSR count). The summed E-state index contributed by atoms with van der Waals surface area (Å²) in [5.41, 5.74) is 2.14. The SMILES string of the molecule is SCc1cc2ccccc2nc1Br. The highest BCUT2D eigenvalue weighted by Crippen LogP contribution is 2.21. The predicted molar refractivity (Wildman–Crippen MR) is 62.1 cm³/mol. The molecule has 1 aromatic carbocycles. The third-order valence-electron chi connectivity index (χ3n) is 1.92. The lowest BCUT2D eigenvalue weighted by molar-refractivity contribution is 1.26. The Morgan fingerprint density at radius 3 is 2.85 bits per heavy atom. The van der Waals surface area contributed by atoms with Gasteiger partial charge in [0.2, 0.25) is 0 Å². The summed E-state index contributed by atoms with van der Waals surface area (Å²) in [4.78, 5) is 4.41. The number of hydrogen-bond donors (Lipinski definition) is 1. The van der Waals surface area contributed by atoms with Gasteiger partial charge >= 0.3 is 0 Å². The van der Waals surface area contributed by atoms with Crippen LogP contribution in [-0.4, -0.2) is 4.98 Å². The summed E-state index contributed by atoms with van der Waals surface area (Å²) in [7, 11) is 0. The number of hydrogen-bond acceptors (Lipinski definition) is 2. The molecule has 0 aliphatic heterocycles. The number of halogens is 1. The van der Waals surface area contributed by atoms with E-state index in [4.69, 9.17) is 0 Å². The molecule has 3 heteroatoms. The van der Waals surface area contributed by atoms with Gasteiger partial charge in [-0.25, -0.2) is 4.98 Å². The molecule has 0 spiro atoms. The number of benzene rings is 1. The molecule has 0 aliphatic rings. The van der Waals surface area contributed by atoms with Crippen molar-refractivity contribution in [3.8, 4) is 0 Å². The Morgan fingerprint density at radius 2 is 2.08 bits per heavy atom. The maximum absolute atomic E-state index is 4.41. The quantitative estimate of drug-likeness (QED) is 0.607. The standard InChI is InChI=1S/C10H8BrNS/c11-10-8(6-13)5-7-3-1-2-4-9(7)12-10/h1-5,13H,6H2. The van der Waals surface area contributed by atoms with Gasteiger partial charge in [0, 0.05) is 11.1 Å². The minimum absolute atomic E-state index is 0.707. The largest absolute Gasteiger partial charge is 0.241 e. The van der Waals surface area contributed by atoms with Crippen LogP contribution in [0.5, 0.6) is 0 Å². The van der Waals surface area contributed by atoms with E-state index >= 15 is 0 Å². The molecule has 0 saturated heterocycles. The average Bonchev–Trinajstić information content (AvgIpc) is 2.17. The molecule has 0 radical (unpaired) electrons. The molecule has 13 heavy (non-hydrogen) atoms. The van der Waals surface area contributed by atoms with E-state index in [-0.39, 0.29) is 0 Å². The third kappa shape index (κ3) is 1.71. The molecule has 0 amide bonds. The van der Waals surface area contributed by atoms with Crippen LogP contribution in [0.2, 0.25) is 0 Å². The van der Waals surface area contributed by atoms with Gasteiger partial charge in [-0.3, -0.25) is 0 Å². The molecular weight excluding hydrogens is 246 g/mol. The van der Waals surface area contributed by atoms with Crippen LogP contribution in [0.25, 0.3) is 10.9 Å². The van der Waals surface area contributed by atoms with E-state index in [1.165, 1.54) is 0 Å². The number of fused-ring (bicyclic) bond motifs is 1. The van der Waals surface area contributed by atoms with Gasteiger partial charge in [-0.1, -0.05) is 18.2 Å². The van der Waals surface area contributed by atoms with Crippen LogP contribution in [0.15, 0.2) is 34.9 Å². The molecule has 1 aromatic heterocycles. The Morgan fingerprint density at radius 1 is 1.31 bits per heavy atom. The highest BCUT2D eigenvalue weighted by Gasteiger charge is 2.01. The first-order valence-electron chi connectivity index (χ1n) is 3.96. The maximum atomic E-state index is 4.41.